The lowest BCUT2D eigenvalue weighted by molar-refractivity contribution is 0.112. The Morgan fingerprint density at radius 1 is 1.08 bits per heavy atom. The van der Waals surface area contributed by atoms with Gasteiger partial charge in [0.05, 0.1) is 5.69 Å². The van der Waals surface area contributed by atoms with Crippen molar-refractivity contribution in [3.63, 3.8) is 0 Å². The molecule has 0 amide bonds. The molecule has 0 bridgehead atoms. The van der Waals surface area contributed by atoms with Gasteiger partial charge in [0.15, 0.2) is 0 Å². The third-order valence-corrected chi connectivity index (χ3v) is 3.73. The van der Waals surface area contributed by atoms with E-state index in [4.69, 9.17) is 4.74 Å². The fourth-order valence-electron chi connectivity index (χ4n) is 2.46. The summed E-state index contributed by atoms with van der Waals surface area (Å²) in [6, 6.07) is 16.1. The van der Waals surface area contributed by atoms with Gasteiger partial charge in [-0.15, -0.1) is 0 Å². The summed E-state index contributed by atoms with van der Waals surface area (Å²) in [6.07, 6.45) is 2.55. The van der Waals surface area contributed by atoms with Gasteiger partial charge in [0.25, 0.3) is 0 Å². The van der Waals surface area contributed by atoms with E-state index in [-0.39, 0.29) is 5.75 Å². The number of rotatable bonds is 5. The van der Waals surface area contributed by atoms with Crippen LogP contribution in [0.25, 0.3) is 11.3 Å². The lowest BCUT2D eigenvalue weighted by Crippen LogP contribution is -1.97. The van der Waals surface area contributed by atoms with Crippen LogP contribution < -0.4 is 4.74 Å². The van der Waals surface area contributed by atoms with Crippen molar-refractivity contribution in [2.75, 3.05) is 0 Å². The van der Waals surface area contributed by atoms with Gasteiger partial charge in [-0.3, -0.25) is 9.78 Å². The number of benzene rings is 2. The van der Waals surface area contributed by atoms with Crippen LogP contribution in [0.1, 0.15) is 21.5 Å². The van der Waals surface area contributed by atoms with Gasteiger partial charge in [-0.25, -0.2) is 0 Å². The van der Waals surface area contributed by atoms with Crippen LogP contribution in [-0.4, -0.2) is 16.4 Å². The summed E-state index contributed by atoms with van der Waals surface area (Å²) in [7, 11) is 0. The second kappa shape index (κ2) is 6.96. The molecule has 0 radical (unpaired) electrons. The molecule has 4 nitrogen and oxygen atoms in total. The lowest BCUT2D eigenvalue weighted by Gasteiger charge is -2.09. The molecule has 0 aliphatic carbocycles. The first kappa shape index (κ1) is 15.7. The van der Waals surface area contributed by atoms with E-state index in [0.29, 0.717) is 17.9 Å². The molecular weight excluding hydrogens is 302 g/mol. The quantitative estimate of drug-likeness (QED) is 0.718. The molecule has 0 unspecified atom stereocenters. The van der Waals surface area contributed by atoms with E-state index in [0.717, 1.165) is 28.7 Å². The van der Waals surface area contributed by atoms with E-state index < -0.39 is 0 Å². The Hall–Kier alpha value is -3.14. The Morgan fingerprint density at radius 3 is 2.58 bits per heavy atom. The van der Waals surface area contributed by atoms with Crippen molar-refractivity contribution in [1.29, 1.82) is 0 Å². The number of carbonyl (C=O) groups excluding carboxylic acids is 1. The zero-order valence-electron chi connectivity index (χ0n) is 13.3. The van der Waals surface area contributed by atoms with Crippen molar-refractivity contribution in [1.82, 2.24) is 4.98 Å². The number of hydrogen-bond donors (Lipinski definition) is 1. The molecule has 3 rings (SSSR count). The molecule has 2 aromatic carbocycles. The van der Waals surface area contributed by atoms with Gasteiger partial charge in [-0.05, 0) is 72.6 Å². The predicted molar refractivity (Wildman–Crippen MR) is 92.2 cm³/mol. The number of hydrogen-bond acceptors (Lipinski definition) is 4. The highest BCUT2D eigenvalue weighted by atomic mass is 16.5. The van der Waals surface area contributed by atoms with Crippen molar-refractivity contribution in [2.45, 2.75) is 13.5 Å². The second-order valence-electron chi connectivity index (χ2n) is 5.52. The normalized spacial score (nSPS) is 10.4. The molecule has 0 aliphatic heterocycles. The highest BCUT2D eigenvalue weighted by Gasteiger charge is 2.06. The van der Waals surface area contributed by atoms with Crippen molar-refractivity contribution in [3.05, 3.63) is 77.5 Å². The van der Waals surface area contributed by atoms with Gasteiger partial charge in [0, 0.05) is 17.3 Å². The monoisotopic (exact) mass is 319 g/mol. The van der Waals surface area contributed by atoms with Crippen LogP contribution in [0, 0.1) is 6.92 Å². The van der Waals surface area contributed by atoms with Crippen LogP contribution in [0.15, 0.2) is 60.8 Å². The predicted octanol–water partition coefficient (Wildman–Crippen LogP) is 4.15. The largest absolute Gasteiger partial charge is 0.508 e. The van der Waals surface area contributed by atoms with Gasteiger partial charge in [0.2, 0.25) is 0 Å². The summed E-state index contributed by atoms with van der Waals surface area (Å²) in [5, 5.41) is 9.52. The van der Waals surface area contributed by atoms with Crippen LogP contribution in [0.5, 0.6) is 11.5 Å². The number of carbonyl (C=O) groups is 1. The highest BCUT2D eigenvalue weighted by molar-refractivity contribution is 5.74. The standard InChI is InChI=1S/C20H17NO3/c1-14-10-17(23)4-7-19(14)20-11-16(8-9-21-20)13-24-18-5-2-15(12-22)3-6-18/h2-12,23H,13H2,1H3. The molecule has 4 heteroatoms. The third-order valence-electron chi connectivity index (χ3n) is 3.73. The fourth-order valence-corrected chi connectivity index (χ4v) is 2.46. The van der Waals surface area contributed by atoms with Gasteiger partial charge < -0.3 is 9.84 Å². The van der Waals surface area contributed by atoms with Crippen LogP contribution in [0.2, 0.25) is 0 Å². The number of phenolic OH excluding ortho intramolecular Hbond substituents is 1. The van der Waals surface area contributed by atoms with E-state index in [1.54, 1.807) is 42.6 Å². The number of phenols is 1. The first-order valence-electron chi connectivity index (χ1n) is 7.58. The molecule has 120 valence electrons. The first-order valence-corrected chi connectivity index (χ1v) is 7.58. The Balaban J connectivity index is 1.76. The number of aromatic hydroxyl groups is 1. The molecular formula is C20H17NO3. The molecule has 1 aromatic heterocycles. The second-order valence-corrected chi connectivity index (χ2v) is 5.52. The molecule has 0 atom stereocenters. The van der Waals surface area contributed by atoms with Crippen molar-refractivity contribution in [3.8, 4) is 22.8 Å². The molecule has 0 aliphatic rings. The maximum Gasteiger partial charge on any atom is 0.150 e. The number of pyridine rings is 1. The first-order chi connectivity index (χ1) is 11.7. The van der Waals surface area contributed by atoms with E-state index in [1.807, 2.05) is 25.1 Å². The highest BCUT2D eigenvalue weighted by Crippen LogP contribution is 2.25. The minimum Gasteiger partial charge on any atom is -0.508 e. The summed E-state index contributed by atoms with van der Waals surface area (Å²) in [4.78, 5) is 15.1. The van der Waals surface area contributed by atoms with E-state index in [2.05, 4.69) is 4.98 Å². The van der Waals surface area contributed by atoms with Gasteiger partial charge >= 0.3 is 0 Å². The Labute approximate surface area is 140 Å². The van der Waals surface area contributed by atoms with Gasteiger partial charge in [-0.2, -0.15) is 0 Å². The molecule has 0 saturated heterocycles. The van der Waals surface area contributed by atoms with Crippen LogP contribution in [-0.2, 0) is 6.61 Å². The minimum atomic E-state index is 0.245. The van der Waals surface area contributed by atoms with Gasteiger partial charge in [-0.1, -0.05) is 0 Å². The number of aryl methyl sites for hydroxylation is 1. The lowest BCUT2D eigenvalue weighted by atomic mass is 10.0. The smallest absolute Gasteiger partial charge is 0.150 e. The zero-order valence-corrected chi connectivity index (χ0v) is 13.3. The molecule has 0 fully saturated rings. The molecule has 1 heterocycles. The zero-order chi connectivity index (χ0) is 16.9. The van der Waals surface area contributed by atoms with E-state index >= 15 is 0 Å². The van der Waals surface area contributed by atoms with Crippen molar-refractivity contribution >= 4 is 6.29 Å². The van der Waals surface area contributed by atoms with E-state index in [9.17, 15) is 9.90 Å². The number of nitrogens with zero attached hydrogens (tertiary/aromatic N) is 1. The number of aldehydes is 1. The van der Waals surface area contributed by atoms with Crippen molar-refractivity contribution in [2.24, 2.45) is 0 Å². The summed E-state index contributed by atoms with van der Waals surface area (Å²) >= 11 is 0. The summed E-state index contributed by atoms with van der Waals surface area (Å²) in [5.74, 6) is 0.953. The Morgan fingerprint density at radius 2 is 1.88 bits per heavy atom. The molecule has 0 spiro atoms. The third kappa shape index (κ3) is 3.60. The number of aromatic nitrogens is 1. The van der Waals surface area contributed by atoms with Crippen LogP contribution in [0.4, 0.5) is 0 Å². The molecule has 24 heavy (non-hydrogen) atoms. The minimum absolute atomic E-state index is 0.245. The molecule has 0 saturated carbocycles. The van der Waals surface area contributed by atoms with Gasteiger partial charge in [0.1, 0.15) is 24.4 Å². The van der Waals surface area contributed by atoms with E-state index in [1.165, 1.54) is 0 Å². The molecule has 3 aromatic rings. The van der Waals surface area contributed by atoms with Crippen LogP contribution in [0.3, 0.4) is 0 Å². The topological polar surface area (TPSA) is 59.4 Å². The fraction of sp³-hybridized carbons (Fsp3) is 0.100. The molecule has 1 N–H and O–H groups in total. The summed E-state index contributed by atoms with van der Waals surface area (Å²) in [6.45, 7) is 2.35. The van der Waals surface area contributed by atoms with Crippen molar-refractivity contribution < 1.29 is 14.6 Å². The SMILES string of the molecule is Cc1cc(O)ccc1-c1cc(COc2ccc(C=O)cc2)ccn1. The summed E-state index contributed by atoms with van der Waals surface area (Å²) < 4.78 is 5.75. The summed E-state index contributed by atoms with van der Waals surface area (Å²) in [5.41, 5.74) is 4.39. The number of ether oxygens (including phenoxy) is 1. The average Bonchev–Trinajstić information content (AvgIpc) is 2.60. The van der Waals surface area contributed by atoms with Crippen LogP contribution >= 0.6 is 0 Å². The Bertz CT molecular complexity index is 857. The maximum absolute atomic E-state index is 10.7. The Kier molecular flexibility index (Phi) is 4.57. The maximum atomic E-state index is 10.7. The average molecular weight is 319 g/mol.